The number of rotatable bonds is 28. The number of hydrogen-bond donors (Lipinski definition) is 4. The normalized spacial score (nSPS) is 10.6. The number of ether oxygens (including phenoxy) is 4. The summed E-state index contributed by atoms with van der Waals surface area (Å²) < 4.78 is 21.4. The molecule has 0 bridgehead atoms. The number of carbonyl (C=O) groups excluding carboxylic acids is 4. The minimum atomic E-state index is -1.79. The third kappa shape index (κ3) is 20.5. The second kappa shape index (κ2) is 23.1. The van der Waals surface area contributed by atoms with Crippen LogP contribution >= 0.6 is 0 Å². The highest BCUT2D eigenvalue weighted by atomic mass is 16.6. The number of carbonyl (C=O) groups is 8. The lowest BCUT2D eigenvalue weighted by atomic mass is 9.91. The van der Waals surface area contributed by atoms with Crippen molar-refractivity contribution in [3.8, 4) is 0 Å². The largest absolute Gasteiger partial charge is 0.481 e. The Morgan fingerprint density at radius 1 is 0.367 bits per heavy atom. The maximum atomic E-state index is 12.7. The van der Waals surface area contributed by atoms with Crippen molar-refractivity contribution in [3.63, 3.8) is 0 Å². The summed E-state index contributed by atoms with van der Waals surface area (Å²) in [6, 6.07) is 0. The van der Waals surface area contributed by atoms with Crippen molar-refractivity contribution >= 4 is 47.8 Å². The van der Waals surface area contributed by atoms with Gasteiger partial charge in [-0.3, -0.25) is 19.2 Å². The van der Waals surface area contributed by atoms with Crippen LogP contribution in [0.2, 0.25) is 0 Å². The maximum absolute atomic E-state index is 12.7. The molecule has 0 unspecified atom stereocenters. The molecule has 16 nitrogen and oxygen atoms in total. The van der Waals surface area contributed by atoms with Crippen LogP contribution in [0.15, 0.2) is 48.6 Å². The van der Waals surface area contributed by atoms with Crippen LogP contribution in [0.1, 0.15) is 77.0 Å². The molecule has 0 fully saturated rings. The fourth-order valence-corrected chi connectivity index (χ4v) is 3.75. The standard InChI is InChI=1S/C33H44O16/c1-21(9-5-13-25(34)35)29(42)46-17-33(18-47-30(43)22(2)10-6-14-26(36)37,19-48-31(44)23(3)11-7-15-27(38)39)20-49-32(45)24(4)12-8-16-28(40)41/h1-20H2,(H,34,35)(H,36,37)(H,38,39)(H,40,41). The number of esters is 4. The van der Waals surface area contributed by atoms with Gasteiger partial charge in [-0.15, -0.1) is 0 Å². The molecular formula is C33H44O16. The van der Waals surface area contributed by atoms with Crippen molar-refractivity contribution in [2.45, 2.75) is 77.0 Å². The van der Waals surface area contributed by atoms with E-state index in [4.69, 9.17) is 39.4 Å². The van der Waals surface area contributed by atoms with Crippen LogP contribution in [0.3, 0.4) is 0 Å². The van der Waals surface area contributed by atoms with Crippen LogP contribution in [0.4, 0.5) is 0 Å². The lowest BCUT2D eigenvalue weighted by Gasteiger charge is -2.32. The number of hydrogen-bond acceptors (Lipinski definition) is 12. The zero-order valence-electron chi connectivity index (χ0n) is 27.3. The van der Waals surface area contributed by atoms with Gasteiger partial charge in [0.1, 0.15) is 31.8 Å². The summed E-state index contributed by atoms with van der Waals surface area (Å²) in [5.74, 6) is -8.29. The van der Waals surface area contributed by atoms with Gasteiger partial charge in [-0.1, -0.05) is 26.3 Å². The van der Waals surface area contributed by atoms with Crippen LogP contribution in [-0.4, -0.2) is 94.6 Å². The number of carboxylic acids is 4. The van der Waals surface area contributed by atoms with Crippen molar-refractivity contribution in [1.29, 1.82) is 0 Å². The van der Waals surface area contributed by atoms with Crippen molar-refractivity contribution in [2.75, 3.05) is 26.4 Å². The molecule has 0 saturated carbocycles. The fourth-order valence-electron chi connectivity index (χ4n) is 3.75. The fraction of sp³-hybridized carbons (Fsp3) is 0.515. The molecule has 0 saturated heterocycles. The number of carboxylic acid groups (broad SMARTS) is 4. The van der Waals surface area contributed by atoms with Gasteiger partial charge in [-0.25, -0.2) is 19.2 Å². The summed E-state index contributed by atoms with van der Waals surface area (Å²) in [6.07, 6.45) is -0.889. The molecule has 0 radical (unpaired) electrons. The van der Waals surface area contributed by atoms with Crippen molar-refractivity contribution < 1.29 is 77.7 Å². The van der Waals surface area contributed by atoms with E-state index in [2.05, 4.69) is 26.3 Å². The smallest absolute Gasteiger partial charge is 0.333 e. The van der Waals surface area contributed by atoms with Gasteiger partial charge < -0.3 is 39.4 Å². The molecular weight excluding hydrogens is 652 g/mol. The predicted octanol–water partition coefficient (Wildman–Crippen LogP) is 3.39. The van der Waals surface area contributed by atoms with E-state index in [0.717, 1.165) is 0 Å². The molecule has 0 aromatic rings. The zero-order chi connectivity index (χ0) is 37.6. The van der Waals surface area contributed by atoms with Crippen LogP contribution in [-0.2, 0) is 57.3 Å². The SMILES string of the molecule is C=C(CCCC(=O)O)C(=O)OCC(COC(=O)C(=C)CCCC(=O)O)(COC(=O)C(=C)CCCC(=O)O)COC(=O)C(=C)CCCC(=O)O. The molecule has 0 aromatic heterocycles. The van der Waals surface area contributed by atoms with Crippen LogP contribution in [0.25, 0.3) is 0 Å². The van der Waals surface area contributed by atoms with Gasteiger partial charge >= 0.3 is 47.8 Å². The van der Waals surface area contributed by atoms with Gasteiger partial charge in [0.25, 0.3) is 0 Å². The van der Waals surface area contributed by atoms with Gasteiger partial charge in [0, 0.05) is 48.0 Å². The second-order valence-electron chi connectivity index (χ2n) is 11.2. The Labute approximate surface area is 283 Å². The molecule has 0 aliphatic heterocycles. The lowest BCUT2D eigenvalue weighted by molar-refractivity contribution is -0.166. The molecule has 0 aliphatic rings. The summed E-state index contributed by atoms with van der Waals surface area (Å²) >= 11 is 0. The minimum absolute atomic E-state index is 0.0421. The topological polar surface area (TPSA) is 254 Å². The van der Waals surface area contributed by atoms with Crippen LogP contribution < -0.4 is 0 Å². The highest BCUT2D eigenvalue weighted by Crippen LogP contribution is 2.25. The molecule has 272 valence electrons. The van der Waals surface area contributed by atoms with Crippen LogP contribution in [0, 0.1) is 5.41 Å². The Bertz CT molecular complexity index is 1090. The highest BCUT2D eigenvalue weighted by molar-refractivity contribution is 5.89. The summed E-state index contributed by atoms with van der Waals surface area (Å²) in [5.41, 5.74) is -2.21. The molecule has 0 spiro atoms. The molecule has 0 atom stereocenters. The van der Waals surface area contributed by atoms with E-state index < -0.39 is 79.6 Å². The first-order chi connectivity index (χ1) is 22.9. The number of aliphatic carboxylic acids is 4. The Hall–Kier alpha value is -5.28. The average Bonchev–Trinajstić information content (AvgIpc) is 3.02. The Kier molecular flexibility index (Phi) is 20.6. The quantitative estimate of drug-likeness (QED) is 0.0519. The molecule has 49 heavy (non-hydrogen) atoms. The van der Waals surface area contributed by atoms with E-state index in [9.17, 15) is 38.4 Å². The van der Waals surface area contributed by atoms with Crippen molar-refractivity contribution in [2.24, 2.45) is 5.41 Å². The summed E-state index contributed by atoms with van der Waals surface area (Å²) in [6.45, 7) is 11.5. The molecule has 16 heteroatoms. The maximum Gasteiger partial charge on any atom is 0.333 e. The molecule has 0 aliphatic carbocycles. The predicted molar refractivity (Wildman–Crippen MR) is 169 cm³/mol. The first-order valence-electron chi connectivity index (χ1n) is 15.2. The third-order valence-electron chi connectivity index (χ3n) is 6.67. The molecule has 0 rings (SSSR count). The van der Waals surface area contributed by atoms with Gasteiger partial charge in [0.15, 0.2) is 0 Å². The average molecular weight is 697 g/mol. The molecule has 0 heterocycles. The molecule has 0 aromatic carbocycles. The Balaban J connectivity index is 6.17. The van der Waals surface area contributed by atoms with Gasteiger partial charge in [0.05, 0.1) is 0 Å². The monoisotopic (exact) mass is 696 g/mol. The van der Waals surface area contributed by atoms with E-state index in [0.29, 0.717) is 0 Å². The minimum Gasteiger partial charge on any atom is -0.481 e. The lowest BCUT2D eigenvalue weighted by Crippen LogP contribution is -2.44. The third-order valence-corrected chi connectivity index (χ3v) is 6.67. The van der Waals surface area contributed by atoms with Crippen LogP contribution in [0.5, 0.6) is 0 Å². The van der Waals surface area contributed by atoms with Gasteiger partial charge in [0.2, 0.25) is 0 Å². The van der Waals surface area contributed by atoms with Crippen molar-refractivity contribution in [3.05, 3.63) is 48.6 Å². The van der Waals surface area contributed by atoms with E-state index in [1.807, 2.05) is 0 Å². The van der Waals surface area contributed by atoms with Gasteiger partial charge in [-0.2, -0.15) is 0 Å². The van der Waals surface area contributed by atoms with E-state index >= 15 is 0 Å². The van der Waals surface area contributed by atoms with E-state index in [1.54, 1.807) is 0 Å². The van der Waals surface area contributed by atoms with Gasteiger partial charge in [-0.05, 0) is 51.4 Å². The van der Waals surface area contributed by atoms with Crippen molar-refractivity contribution in [1.82, 2.24) is 0 Å². The molecule has 0 amide bonds. The first kappa shape index (κ1) is 43.7. The Morgan fingerprint density at radius 3 is 0.714 bits per heavy atom. The first-order valence-corrected chi connectivity index (χ1v) is 15.2. The summed E-state index contributed by atoms with van der Waals surface area (Å²) in [7, 11) is 0. The van der Waals surface area contributed by atoms with E-state index in [1.165, 1.54) is 0 Å². The highest BCUT2D eigenvalue weighted by Gasteiger charge is 2.39. The summed E-state index contributed by atoms with van der Waals surface area (Å²) in [4.78, 5) is 94.3. The van der Waals surface area contributed by atoms with E-state index in [-0.39, 0.29) is 99.3 Å². The Morgan fingerprint density at radius 2 is 0.551 bits per heavy atom. The zero-order valence-corrected chi connectivity index (χ0v) is 27.3. The molecule has 4 N–H and O–H groups in total. The second-order valence-corrected chi connectivity index (χ2v) is 11.2. The summed E-state index contributed by atoms with van der Waals surface area (Å²) in [5, 5.41) is 35.4.